The van der Waals surface area contributed by atoms with Gasteiger partial charge in [-0.2, -0.15) is 0 Å². The molecule has 3 saturated heterocycles. The molecule has 46 heavy (non-hydrogen) atoms. The molecule has 0 bridgehead atoms. The number of hydrogen-bond donors (Lipinski definition) is 1. The summed E-state index contributed by atoms with van der Waals surface area (Å²) < 4.78 is 18.8. The number of hydrogen-bond acceptors (Lipinski definition) is 9. The number of carbonyl (C=O) groups excluding carboxylic acids is 3. The third-order valence-corrected chi connectivity index (χ3v) is 12.1. The van der Waals surface area contributed by atoms with Crippen molar-refractivity contribution in [3.05, 3.63) is 0 Å². The predicted molar refractivity (Wildman–Crippen MR) is 180 cm³/mol. The first-order valence-corrected chi connectivity index (χ1v) is 17.6. The molecule has 9 heteroatoms. The van der Waals surface area contributed by atoms with Gasteiger partial charge in [-0.05, 0) is 149 Å². The predicted octanol–water partition coefficient (Wildman–Crippen LogP) is 5.87. The Kier molecular flexibility index (Phi) is 9.94. The summed E-state index contributed by atoms with van der Waals surface area (Å²) in [4.78, 5) is 46.1. The molecule has 4 fully saturated rings. The first kappa shape index (κ1) is 37.1. The van der Waals surface area contributed by atoms with Gasteiger partial charge in [-0.1, -0.05) is 0 Å². The first-order valence-electron chi connectivity index (χ1n) is 17.6. The lowest BCUT2D eigenvalue weighted by atomic mass is 9.74. The van der Waals surface area contributed by atoms with Crippen molar-refractivity contribution in [3.63, 3.8) is 0 Å². The summed E-state index contributed by atoms with van der Waals surface area (Å²) in [5, 5.41) is 3.63. The number of nitrogens with zero attached hydrogens (tertiary/aromatic N) is 2. The highest BCUT2D eigenvalue weighted by atomic mass is 16.6. The summed E-state index contributed by atoms with van der Waals surface area (Å²) >= 11 is 0. The highest BCUT2D eigenvalue weighted by Gasteiger charge is 2.52. The smallest absolute Gasteiger partial charge is 0.309 e. The van der Waals surface area contributed by atoms with Gasteiger partial charge in [-0.25, -0.2) is 0 Å². The normalized spacial score (nSPS) is 32.9. The van der Waals surface area contributed by atoms with Gasteiger partial charge in [0.05, 0.1) is 17.8 Å². The summed E-state index contributed by atoms with van der Waals surface area (Å²) in [6.07, 6.45) is 2.81. The van der Waals surface area contributed by atoms with Crippen LogP contribution in [0.1, 0.15) is 134 Å². The van der Waals surface area contributed by atoms with Crippen molar-refractivity contribution in [2.45, 2.75) is 186 Å². The van der Waals surface area contributed by atoms with Gasteiger partial charge >= 0.3 is 17.9 Å². The average molecular weight is 648 g/mol. The Bertz CT molecular complexity index is 1120. The Morgan fingerprint density at radius 1 is 0.500 bits per heavy atom. The molecule has 3 atom stereocenters. The van der Waals surface area contributed by atoms with Gasteiger partial charge in [0.1, 0.15) is 12.2 Å². The van der Waals surface area contributed by atoms with E-state index in [1.807, 2.05) is 0 Å². The topological polar surface area (TPSA) is 97.4 Å². The maximum Gasteiger partial charge on any atom is 0.309 e. The lowest BCUT2D eigenvalue weighted by molar-refractivity contribution is -0.188. The molecule has 264 valence electrons. The monoisotopic (exact) mass is 647 g/mol. The van der Waals surface area contributed by atoms with Crippen molar-refractivity contribution >= 4 is 17.9 Å². The zero-order chi connectivity index (χ0) is 34.8. The van der Waals surface area contributed by atoms with Crippen molar-refractivity contribution in [3.8, 4) is 0 Å². The molecule has 1 saturated carbocycles. The van der Waals surface area contributed by atoms with Crippen LogP contribution in [0.25, 0.3) is 0 Å². The second-order valence-electron chi connectivity index (χ2n) is 19.0. The van der Waals surface area contributed by atoms with Crippen LogP contribution in [-0.2, 0) is 28.6 Å². The second-order valence-corrected chi connectivity index (χ2v) is 19.0. The molecule has 0 radical (unpaired) electrons. The molecule has 1 aliphatic carbocycles. The van der Waals surface area contributed by atoms with Crippen LogP contribution in [0.5, 0.6) is 0 Å². The molecule has 1 N–H and O–H groups in total. The Morgan fingerprint density at radius 3 is 1.11 bits per heavy atom. The fraction of sp³-hybridized carbons (Fsp3) is 0.919. The zero-order valence-corrected chi connectivity index (χ0v) is 31.5. The average Bonchev–Trinajstić information content (AvgIpc) is 3.23. The van der Waals surface area contributed by atoms with Gasteiger partial charge < -0.3 is 19.5 Å². The molecular weight excluding hydrogens is 582 g/mol. The fourth-order valence-corrected chi connectivity index (χ4v) is 9.59. The van der Waals surface area contributed by atoms with Gasteiger partial charge in [-0.3, -0.25) is 24.2 Å². The Hall–Kier alpha value is -1.71. The minimum Gasteiger partial charge on any atom is -0.458 e. The number of ether oxygens (including phenoxy) is 3. The van der Waals surface area contributed by atoms with E-state index in [9.17, 15) is 14.4 Å². The van der Waals surface area contributed by atoms with E-state index >= 15 is 0 Å². The van der Waals surface area contributed by atoms with Gasteiger partial charge in [-0.15, -0.1) is 0 Å². The molecule has 4 aliphatic rings. The third kappa shape index (κ3) is 7.94. The van der Waals surface area contributed by atoms with E-state index in [2.05, 4.69) is 112 Å². The van der Waals surface area contributed by atoms with E-state index in [-0.39, 0.29) is 68.9 Å². The molecule has 0 amide bonds. The van der Waals surface area contributed by atoms with Crippen LogP contribution in [0.2, 0.25) is 0 Å². The SMILES string of the molecule is CN1C(C)(C)CC(C(=O)OC2CCC(OC(=O)C3CC(C)(C)NC(C)(C)C3)C2OC(=O)C2CC(C)(C)N(C)C(C)(C)C2)CC1(C)C. The van der Waals surface area contributed by atoms with Crippen LogP contribution in [0.3, 0.4) is 0 Å². The van der Waals surface area contributed by atoms with Crippen LogP contribution in [0, 0.1) is 17.8 Å². The minimum absolute atomic E-state index is 0.171. The summed E-state index contributed by atoms with van der Waals surface area (Å²) in [6.45, 7) is 25.7. The van der Waals surface area contributed by atoms with E-state index in [1.165, 1.54) is 0 Å². The van der Waals surface area contributed by atoms with Crippen molar-refractivity contribution in [1.29, 1.82) is 0 Å². The molecule has 3 heterocycles. The summed E-state index contributed by atoms with van der Waals surface area (Å²) in [5.74, 6) is -1.67. The highest BCUT2D eigenvalue weighted by Crippen LogP contribution is 2.43. The molecule has 0 aromatic heterocycles. The van der Waals surface area contributed by atoms with Crippen molar-refractivity contribution in [2.75, 3.05) is 14.1 Å². The quantitative estimate of drug-likeness (QED) is 0.280. The van der Waals surface area contributed by atoms with Crippen LogP contribution >= 0.6 is 0 Å². The Labute approximate surface area is 279 Å². The second kappa shape index (κ2) is 12.3. The van der Waals surface area contributed by atoms with Gasteiger partial charge in [0.2, 0.25) is 0 Å². The molecule has 0 aromatic rings. The fourth-order valence-electron chi connectivity index (χ4n) is 9.59. The first-order chi connectivity index (χ1) is 20.8. The molecule has 9 nitrogen and oxygen atoms in total. The van der Waals surface area contributed by atoms with Crippen LogP contribution in [0.15, 0.2) is 0 Å². The molecular formula is C37H65N3O6. The standard InChI is InChI=1S/C37H65N3O6/c1-32(2)17-23(18-33(3,4)38-32)29(41)44-26-15-16-27(45-30(42)24-19-34(5,6)39(13)35(7,8)20-24)28(26)46-31(43)25-21-36(9,10)40(14)37(11,12)22-25/h23-28,38H,15-22H2,1-14H3. The van der Waals surface area contributed by atoms with Gasteiger partial charge in [0.25, 0.3) is 0 Å². The number of esters is 3. The van der Waals surface area contributed by atoms with Crippen molar-refractivity contribution < 1.29 is 28.6 Å². The number of likely N-dealkylation sites (tertiary alicyclic amines) is 2. The molecule has 3 unspecified atom stereocenters. The number of rotatable bonds is 6. The van der Waals surface area contributed by atoms with Gasteiger partial charge in [0, 0.05) is 33.2 Å². The van der Waals surface area contributed by atoms with E-state index in [4.69, 9.17) is 14.2 Å². The number of nitrogens with one attached hydrogen (secondary N) is 1. The largest absolute Gasteiger partial charge is 0.458 e. The van der Waals surface area contributed by atoms with Gasteiger partial charge in [0.15, 0.2) is 6.10 Å². The molecule has 4 rings (SSSR count). The minimum atomic E-state index is -0.832. The molecule has 3 aliphatic heterocycles. The number of carbonyl (C=O) groups is 3. The van der Waals surface area contributed by atoms with E-state index in [0.29, 0.717) is 51.4 Å². The maximum absolute atomic E-state index is 13.9. The van der Waals surface area contributed by atoms with Crippen LogP contribution < -0.4 is 5.32 Å². The number of piperidine rings is 3. The molecule has 0 spiro atoms. The van der Waals surface area contributed by atoms with Crippen LogP contribution in [-0.4, -0.2) is 93.3 Å². The Morgan fingerprint density at radius 2 is 0.783 bits per heavy atom. The van der Waals surface area contributed by atoms with Crippen molar-refractivity contribution in [2.24, 2.45) is 17.8 Å². The Balaban J connectivity index is 1.54. The van der Waals surface area contributed by atoms with E-state index in [1.54, 1.807) is 0 Å². The van der Waals surface area contributed by atoms with E-state index in [0.717, 1.165) is 0 Å². The van der Waals surface area contributed by atoms with Crippen LogP contribution in [0.4, 0.5) is 0 Å². The third-order valence-electron chi connectivity index (χ3n) is 12.1. The maximum atomic E-state index is 13.9. The van der Waals surface area contributed by atoms with E-state index < -0.39 is 18.3 Å². The van der Waals surface area contributed by atoms with Crippen molar-refractivity contribution in [1.82, 2.24) is 15.1 Å². The molecule has 0 aromatic carbocycles. The highest BCUT2D eigenvalue weighted by molar-refractivity contribution is 5.75. The zero-order valence-electron chi connectivity index (χ0n) is 31.5. The lowest BCUT2D eigenvalue weighted by Crippen LogP contribution is -2.60. The lowest BCUT2D eigenvalue weighted by Gasteiger charge is -2.53. The summed E-state index contributed by atoms with van der Waals surface area (Å²) in [6, 6.07) is 0. The summed E-state index contributed by atoms with van der Waals surface area (Å²) in [5.41, 5.74) is -1.16. The summed E-state index contributed by atoms with van der Waals surface area (Å²) in [7, 11) is 4.22.